The lowest BCUT2D eigenvalue weighted by atomic mass is 9.92. The second-order valence-electron chi connectivity index (χ2n) is 28.6. The van der Waals surface area contributed by atoms with E-state index in [1.165, 1.54) is 63.3 Å². The van der Waals surface area contributed by atoms with E-state index in [1.807, 2.05) is 96.3 Å². The van der Waals surface area contributed by atoms with Gasteiger partial charge in [0.25, 0.3) is 0 Å². The molecule has 0 unspecified atom stereocenters. The molecule has 0 radical (unpaired) electrons. The molecular formula is C102H58N6O3S. The zero-order chi connectivity index (χ0) is 73.5. The number of hydrogen-bond donors (Lipinski definition) is 0. The summed E-state index contributed by atoms with van der Waals surface area (Å²) in [5.74, 6) is 3.62. The van der Waals surface area contributed by atoms with E-state index in [2.05, 4.69) is 267 Å². The number of rotatable bonds is 8. The van der Waals surface area contributed by atoms with Gasteiger partial charge < -0.3 is 13.3 Å². The summed E-state index contributed by atoms with van der Waals surface area (Å²) in [6.45, 7) is 0. The maximum absolute atomic E-state index is 6.58. The van der Waals surface area contributed by atoms with Gasteiger partial charge in [-0.2, -0.15) is 0 Å². The van der Waals surface area contributed by atoms with Crippen LogP contribution < -0.4 is 0 Å². The van der Waals surface area contributed by atoms with Crippen molar-refractivity contribution in [2.24, 2.45) is 0 Å². The first kappa shape index (κ1) is 63.3. The average Bonchev–Trinajstić information content (AvgIpc) is 1.56. The van der Waals surface area contributed by atoms with Crippen LogP contribution in [0.25, 0.3) is 241 Å². The minimum absolute atomic E-state index is 0.587. The third kappa shape index (κ3) is 10.2. The molecule has 24 rings (SSSR count). The van der Waals surface area contributed by atoms with Crippen molar-refractivity contribution < 1.29 is 13.3 Å². The van der Waals surface area contributed by atoms with Crippen molar-refractivity contribution in [1.82, 2.24) is 29.9 Å². The molecule has 112 heavy (non-hydrogen) atoms. The normalized spacial score (nSPS) is 11.9. The van der Waals surface area contributed by atoms with Crippen LogP contribution in [0.5, 0.6) is 0 Å². The van der Waals surface area contributed by atoms with Gasteiger partial charge in [0.1, 0.15) is 33.5 Å². The molecule has 0 saturated heterocycles. The minimum Gasteiger partial charge on any atom is -0.456 e. The lowest BCUT2D eigenvalue weighted by molar-refractivity contribution is 0.668. The highest BCUT2D eigenvalue weighted by molar-refractivity contribution is 7.27. The summed E-state index contributed by atoms with van der Waals surface area (Å²) in [6.07, 6.45) is 0. The molecule has 0 fully saturated rings. The molecule has 24 aromatic rings. The van der Waals surface area contributed by atoms with Crippen LogP contribution in [0.1, 0.15) is 0 Å². The zero-order valence-corrected chi connectivity index (χ0v) is 60.6. The van der Waals surface area contributed by atoms with Crippen molar-refractivity contribution in [2.45, 2.75) is 0 Å². The van der Waals surface area contributed by atoms with E-state index in [-0.39, 0.29) is 0 Å². The first-order valence-corrected chi connectivity index (χ1v) is 38.3. The van der Waals surface area contributed by atoms with Gasteiger partial charge in [-0.3, -0.25) is 0 Å². The van der Waals surface area contributed by atoms with Crippen molar-refractivity contribution in [2.75, 3.05) is 0 Å². The van der Waals surface area contributed by atoms with E-state index in [1.54, 1.807) is 0 Å². The first-order chi connectivity index (χ1) is 55.5. The van der Waals surface area contributed by atoms with Crippen LogP contribution >= 0.6 is 11.3 Å². The van der Waals surface area contributed by atoms with E-state index in [9.17, 15) is 0 Å². The molecule has 0 saturated carbocycles. The highest BCUT2D eigenvalue weighted by Gasteiger charge is 2.24. The van der Waals surface area contributed by atoms with Crippen LogP contribution in [-0.2, 0) is 0 Å². The largest absolute Gasteiger partial charge is 0.456 e. The molecule has 0 amide bonds. The Morgan fingerprint density at radius 3 is 1.04 bits per heavy atom. The molecule has 10 heteroatoms. The third-order valence-electron chi connectivity index (χ3n) is 22.2. The highest BCUT2D eigenvalue weighted by atomic mass is 32.1. The maximum Gasteiger partial charge on any atom is 0.164 e. The molecule has 520 valence electrons. The average molecular weight is 1450 g/mol. The Morgan fingerprint density at radius 1 is 0.188 bits per heavy atom. The maximum atomic E-state index is 6.58. The fourth-order valence-corrected chi connectivity index (χ4v) is 18.4. The van der Waals surface area contributed by atoms with E-state index in [0.717, 1.165) is 143 Å². The Kier molecular flexibility index (Phi) is 14.3. The Morgan fingerprint density at radius 2 is 0.536 bits per heavy atom. The summed E-state index contributed by atoms with van der Waals surface area (Å²) in [4.78, 5) is 31.2. The van der Waals surface area contributed by atoms with Crippen LogP contribution in [0.4, 0.5) is 0 Å². The smallest absolute Gasteiger partial charge is 0.164 e. The molecule has 9 nitrogen and oxygen atoms in total. The molecule has 0 aliphatic heterocycles. The SMILES string of the molecule is c1ccc(-c2cccc(-c3nc(-c4ccc5c(ccc6c7oc8ccccc8c7c7ccccc7c56)c4)nc(-c4cccc5oc6ccccc6c45)n3)c2)cc1.c1ccc(-c2cccc(-c3nc(-c4ccc5c(ccc6c7sc8ccccc8c7c7ccccc7c56)c4)nc(-c4cccc5oc6ccccc6c45)n3)c2)cc1. The zero-order valence-electron chi connectivity index (χ0n) is 59.8. The lowest BCUT2D eigenvalue weighted by Crippen LogP contribution is -2.00. The quantitative estimate of drug-likeness (QED) is 0.137. The minimum atomic E-state index is 0.587. The van der Waals surface area contributed by atoms with E-state index < -0.39 is 0 Å². The van der Waals surface area contributed by atoms with Crippen molar-refractivity contribution in [3.05, 3.63) is 352 Å². The van der Waals surface area contributed by atoms with Crippen LogP contribution in [0.15, 0.2) is 365 Å². The van der Waals surface area contributed by atoms with Gasteiger partial charge in [-0.05, 0) is 137 Å². The van der Waals surface area contributed by atoms with Crippen LogP contribution in [0.3, 0.4) is 0 Å². The summed E-state index contributed by atoms with van der Waals surface area (Å²) in [5.41, 5.74) is 15.0. The molecule has 0 spiro atoms. The van der Waals surface area contributed by atoms with Crippen molar-refractivity contribution >= 4 is 162 Å². The standard InChI is InChI=1S/C51H29N3O2.C51H29N3OS/c1-2-12-30(13-3-1)31-14-10-15-33(28-31)49-52-50(54-51(53-49)41-20-11-23-44-46(41)38-18-6-8-21-42(38)55-44)34-25-26-35-32(29-34)24-27-40-45(35)36-16-4-5-17-37(36)47-39-19-7-9-22-43(39)56-48(40)47;1-2-12-30(13-3-1)31-14-10-15-33(28-31)49-52-50(54-51(53-49)41-20-11-22-43-46(41)38-18-6-8-21-42(38)55-43)34-25-26-35-32(29-34)24-27-40-45(35)36-16-4-5-17-37(36)47-39-19-7-9-23-44(39)56-48(40)47/h2*1-29H. The first-order valence-electron chi connectivity index (χ1n) is 37.5. The Bertz CT molecular complexity index is 7570. The predicted octanol–water partition coefficient (Wildman–Crippen LogP) is 28.1. The van der Waals surface area contributed by atoms with Gasteiger partial charge in [0, 0.05) is 102 Å². The number of fused-ring (bicyclic) bond motifs is 26. The van der Waals surface area contributed by atoms with Gasteiger partial charge >= 0.3 is 0 Å². The number of benzene rings is 18. The molecule has 0 bridgehead atoms. The molecule has 0 aliphatic rings. The fraction of sp³-hybridized carbons (Fsp3) is 0. The molecule has 0 aliphatic carbocycles. The third-order valence-corrected chi connectivity index (χ3v) is 23.4. The number of aromatic nitrogens is 6. The van der Waals surface area contributed by atoms with Crippen LogP contribution in [0, 0.1) is 0 Å². The van der Waals surface area contributed by atoms with E-state index in [4.69, 9.17) is 43.2 Å². The molecular weight excluding hydrogens is 1390 g/mol. The van der Waals surface area contributed by atoms with Crippen LogP contribution in [-0.4, -0.2) is 29.9 Å². The molecule has 0 N–H and O–H groups in total. The summed E-state index contributed by atoms with van der Waals surface area (Å²) in [6, 6.07) is 123. The Balaban J connectivity index is 0.000000134. The molecule has 0 atom stereocenters. The van der Waals surface area contributed by atoms with E-state index in [0.29, 0.717) is 34.9 Å². The van der Waals surface area contributed by atoms with Gasteiger partial charge in [0.15, 0.2) is 34.9 Å². The number of hydrogen-bond acceptors (Lipinski definition) is 10. The number of furan rings is 3. The summed E-state index contributed by atoms with van der Waals surface area (Å²) in [7, 11) is 0. The number of para-hydroxylation sites is 3. The Hall–Kier alpha value is -14.8. The summed E-state index contributed by atoms with van der Waals surface area (Å²) >= 11 is 1.88. The van der Waals surface area contributed by atoms with Crippen molar-refractivity contribution in [3.8, 4) is 90.6 Å². The van der Waals surface area contributed by atoms with Crippen LogP contribution in [0.2, 0.25) is 0 Å². The second kappa shape index (κ2) is 25.4. The number of nitrogens with zero attached hydrogens (tertiary/aromatic N) is 6. The predicted molar refractivity (Wildman–Crippen MR) is 463 cm³/mol. The van der Waals surface area contributed by atoms with E-state index >= 15 is 0 Å². The lowest BCUT2D eigenvalue weighted by Gasteiger charge is -2.13. The van der Waals surface area contributed by atoms with Gasteiger partial charge in [-0.1, -0.05) is 285 Å². The van der Waals surface area contributed by atoms with Crippen molar-refractivity contribution in [1.29, 1.82) is 0 Å². The topological polar surface area (TPSA) is 117 Å². The molecule has 18 aromatic carbocycles. The van der Waals surface area contributed by atoms with Gasteiger partial charge in [0.05, 0.1) is 0 Å². The van der Waals surface area contributed by atoms with Crippen molar-refractivity contribution in [3.63, 3.8) is 0 Å². The Labute approximate surface area is 643 Å². The monoisotopic (exact) mass is 1450 g/mol. The number of thiophene rings is 1. The summed E-state index contributed by atoms with van der Waals surface area (Å²) < 4.78 is 21.8. The van der Waals surface area contributed by atoms with Gasteiger partial charge in [-0.25, -0.2) is 29.9 Å². The fourth-order valence-electron chi connectivity index (χ4n) is 17.1. The van der Waals surface area contributed by atoms with Gasteiger partial charge in [0.2, 0.25) is 0 Å². The summed E-state index contributed by atoms with van der Waals surface area (Å²) in [5, 5.41) is 23.3. The molecule has 6 heterocycles. The second-order valence-corrected chi connectivity index (χ2v) is 29.7. The highest BCUT2D eigenvalue weighted by Crippen LogP contribution is 2.49. The van der Waals surface area contributed by atoms with Gasteiger partial charge in [-0.15, -0.1) is 11.3 Å². The molecule has 6 aromatic heterocycles.